The number of rotatable bonds is 3. The molecule has 0 atom stereocenters. The summed E-state index contributed by atoms with van der Waals surface area (Å²) in [5.74, 6) is 2.76. The number of nitrogens with zero attached hydrogens (tertiary/aromatic N) is 8. The van der Waals surface area contributed by atoms with E-state index in [0.717, 1.165) is 75.6 Å². The van der Waals surface area contributed by atoms with Crippen molar-refractivity contribution in [1.29, 1.82) is 0 Å². The number of fused-ring (bicyclic) bond motifs is 5. The van der Waals surface area contributed by atoms with Crippen molar-refractivity contribution in [3.05, 3.63) is 91.5 Å². The minimum Gasteiger partial charge on any atom is -0.415 e. The Morgan fingerprint density at radius 1 is 0.976 bits per heavy atom. The van der Waals surface area contributed by atoms with Crippen LogP contribution in [0.25, 0.3) is 22.3 Å². The number of hydrogen-bond acceptors (Lipinski definition) is 5. The minimum absolute atomic E-state index is 0. The zero-order valence-corrected chi connectivity index (χ0v) is 25.1. The second-order valence-electron chi connectivity index (χ2n) is 10.3. The van der Waals surface area contributed by atoms with Crippen molar-refractivity contribution in [2.45, 2.75) is 0 Å². The van der Waals surface area contributed by atoms with Crippen molar-refractivity contribution in [2.75, 3.05) is 40.3 Å². The number of hydrogen-bond donors (Lipinski definition) is 1. The van der Waals surface area contributed by atoms with Gasteiger partial charge in [-0.3, -0.25) is 0 Å². The number of aryl methyl sites for hydroxylation is 2. The van der Waals surface area contributed by atoms with Crippen LogP contribution in [0.2, 0.25) is 0 Å². The molecule has 6 heterocycles. The molecule has 4 aromatic heterocycles. The number of pyridine rings is 1. The maximum atomic E-state index is 4.70. The third-order valence-corrected chi connectivity index (χ3v) is 7.79. The molecule has 9 nitrogen and oxygen atoms in total. The van der Waals surface area contributed by atoms with Gasteiger partial charge in [0, 0.05) is 72.3 Å². The number of para-hydroxylation sites is 2. The zero-order chi connectivity index (χ0) is 27.0. The quantitative estimate of drug-likeness (QED) is 0.212. The second-order valence-corrected chi connectivity index (χ2v) is 10.3. The SMILES string of the molecule is CN1CCN(c2[c-]c(-c3cn(C)c4c3[n-]c[n+]4C)ccc2)c2[c-]c3c(n21)Nc1ccccc1N3c1ccccn1.[Pt]. The van der Waals surface area contributed by atoms with Crippen molar-refractivity contribution in [3.63, 3.8) is 0 Å². The summed E-state index contributed by atoms with van der Waals surface area (Å²) in [6.07, 6.45) is 5.83. The standard InChI is InChI=1S/C31H27N9.Pt/c1-35-19-23(29-31(35)36(2)20-33-29)21-9-8-10-22(17-21)38-16-15-37(3)40-28(38)18-26-30(40)34-24-11-4-5-12-25(24)39(26)27-13-6-7-14-32-27;/h4-14,19-20,34H,15-16H2,1-3H3;/q-2;. The number of imidazole rings is 1. The number of anilines is 7. The Balaban J connectivity index is 0.00000276. The number of benzene rings is 2. The molecule has 8 rings (SSSR count). The third kappa shape index (κ3) is 3.79. The molecule has 0 amide bonds. The van der Waals surface area contributed by atoms with E-state index in [0.29, 0.717) is 0 Å². The monoisotopic (exact) mass is 720 g/mol. The predicted molar refractivity (Wildman–Crippen MR) is 157 cm³/mol. The zero-order valence-electron chi connectivity index (χ0n) is 22.8. The number of aromatic nitrogens is 5. The van der Waals surface area contributed by atoms with E-state index < -0.39 is 0 Å². The first kappa shape index (κ1) is 25.5. The van der Waals surface area contributed by atoms with Crippen LogP contribution in [0.1, 0.15) is 0 Å². The van der Waals surface area contributed by atoms with Crippen molar-refractivity contribution in [2.24, 2.45) is 14.1 Å². The molecular formula is C31H27N9Pt-2. The Bertz CT molecular complexity index is 1900. The molecule has 0 radical (unpaired) electrons. The summed E-state index contributed by atoms with van der Waals surface area (Å²) < 4.78 is 6.38. The predicted octanol–water partition coefficient (Wildman–Crippen LogP) is 4.67. The van der Waals surface area contributed by atoms with Gasteiger partial charge in [-0.25, -0.2) is 9.97 Å². The molecule has 10 heteroatoms. The van der Waals surface area contributed by atoms with Gasteiger partial charge in [-0.2, -0.15) is 6.07 Å². The molecule has 2 aromatic carbocycles. The third-order valence-electron chi connectivity index (χ3n) is 7.79. The normalized spacial score (nSPS) is 13.9. The Morgan fingerprint density at radius 3 is 2.68 bits per heavy atom. The largest absolute Gasteiger partial charge is 0.415 e. The van der Waals surface area contributed by atoms with Gasteiger partial charge in [0.2, 0.25) is 0 Å². The van der Waals surface area contributed by atoms with Crippen LogP contribution >= 0.6 is 0 Å². The fraction of sp³-hybridized carbons (Fsp3) is 0.161. The molecule has 0 spiro atoms. The summed E-state index contributed by atoms with van der Waals surface area (Å²) in [6, 6.07) is 28.1. The average Bonchev–Trinajstić information content (AvgIpc) is 3.66. The molecule has 6 aromatic rings. The topological polar surface area (TPSA) is 62.5 Å². The first-order valence-electron chi connectivity index (χ1n) is 13.3. The molecular weight excluding hydrogens is 693 g/mol. The summed E-state index contributed by atoms with van der Waals surface area (Å²) in [5, 5.41) is 5.92. The Morgan fingerprint density at radius 2 is 1.83 bits per heavy atom. The minimum atomic E-state index is 0. The van der Waals surface area contributed by atoms with Crippen LogP contribution in [0.3, 0.4) is 0 Å². The summed E-state index contributed by atoms with van der Waals surface area (Å²) >= 11 is 0. The van der Waals surface area contributed by atoms with E-state index in [1.165, 1.54) is 0 Å². The molecule has 0 saturated carbocycles. The van der Waals surface area contributed by atoms with Crippen LogP contribution in [0.5, 0.6) is 0 Å². The second kappa shape index (κ2) is 9.56. The molecule has 0 aliphatic carbocycles. The fourth-order valence-corrected chi connectivity index (χ4v) is 5.96. The molecule has 2 aliphatic rings. The molecule has 0 saturated heterocycles. The van der Waals surface area contributed by atoms with Crippen LogP contribution in [-0.2, 0) is 35.2 Å². The van der Waals surface area contributed by atoms with E-state index in [9.17, 15) is 0 Å². The van der Waals surface area contributed by atoms with E-state index >= 15 is 0 Å². The van der Waals surface area contributed by atoms with Crippen LogP contribution < -0.4 is 29.7 Å². The summed E-state index contributed by atoms with van der Waals surface area (Å²) in [7, 11) is 6.20. The number of likely N-dealkylation sites (N-methyl/N-ethyl adjacent to an activating group) is 1. The van der Waals surface area contributed by atoms with Crippen LogP contribution in [0.15, 0.2) is 79.4 Å². The van der Waals surface area contributed by atoms with Gasteiger partial charge < -0.3 is 33.9 Å². The van der Waals surface area contributed by atoms with Gasteiger partial charge >= 0.3 is 0 Å². The maximum absolute atomic E-state index is 4.70. The van der Waals surface area contributed by atoms with E-state index in [1.807, 2.05) is 42.3 Å². The Kier molecular flexibility index (Phi) is 5.94. The van der Waals surface area contributed by atoms with E-state index in [4.69, 9.17) is 4.98 Å². The van der Waals surface area contributed by atoms with Crippen molar-refractivity contribution < 1.29 is 25.6 Å². The van der Waals surface area contributed by atoms with Crippen LogP contribution in [-0.4, -0.2) is 34.4 Å². The molecule has 0 unspecified atom stereocenters. The van der Waals surface area contributed by atoms with E-state index in [-0.39, 0.29) is 21.1 Å². The van der Waals surface area contributed by atoms with Gasteiger partial charge in [0.25, 0.3) is 0 Å². The Hall–Kier alpha value is -4.49. The van der Waals surface area contributed by atoms with E-state index in [1.54, 1.807) is 0 Å². The Labute approximate surface area is 252 Å². The summed E-state index contributed by atoms with van der Waals surface area (Å²) in [5.41, 5.74) is 8.15. The van der Waals surface area contributed by atoms with Gasteiger partial charge in [0.1, 0.15) is 11.5 Å². The van der Waals surface area contributed by atoms with Gasteiger partial charge in [-0.15, -0.1) is 29.8 Å². The average molecular weight is 721 g/mol. The maximum Gasteiger partial charge on any atom is 0.134 e. The van der Waals surface area contributed by atoms with Crippen molar-refractivity contribution in [1.82, 2.24) is 19.2 Å². The number of nitrogens with one attached hydrogen (secondary N) is 1. The van der Waals surface area contributed by atoms with Crippen molar-refractivity contribution >= 4 is 51.4 Å². The fourth-order valence-electron chi connectivity index (χ4n) is 5.96. The smallest absolute Gasteiger partial charge is 0.134 e. The van der Waals surface area contributed by atoms with Crippen LogP contribution in [0.4, 0.5) is 40.2 Å². The first-order valence-corrected chi connectivity index (χ1v) is 13.3. The molecule has 208 valence electrons. The molecule has 1 N–H and O–H groups in total. The van der Waals surface area contributed by atoms with Gasteiger partial charge in [-0.05, 0) is 36.1 Å². The van der Waals surface area contributed by atoms with E-state index in [2.05, 4.69) is 109 Å². The van der Waals surface area contributed by atoms with Gasteiger partial charge in [-0.1, -0.05) is 29.4 Å². The summed E-state index contributed by atoms with van der Waals surface area (Å²) in [4.78, 5) is 13.9. The molecule has 41 heavy (non-hydrogen) atoms. The van der Waals surface area contributed by atoms with Gasteiger partial charge in [0.15, 0.2) is 0 Å². The molecule has 2 aliphatic heterocycles. The summed E-state index contributed by atoms with van der Waals surface area (Å²) in [6.45, 7) is 1.64. The first-order chi connectivity index (χ1) is 19.6. The molecule has 0 fully saturated rings. The van der Waals surface area contributed by atoms with Gasteiger partial charge in [0.05, 0.1) is 24.1 Å². The molecule has 0 bridgehead atoms. The van der Waals surface area contributed by atoms with Crippen molar-refractivity contribution in [3.8, 4) is 11.1 Å². The van der Waals surface area contributed by atoms with Crippen LogP contribution in [0, 0.1) is 12.1 Å².